The van der Waals surface area contributed by atoms with Crippen molar-refractivity contribution in [3.63, 3.8) is 0 Å². The first kappa shape index (κ1) is 20.3. The van der Waals surface area contributed by atoms with Gasteiger partial charge in [0.25, 0.3) is 0 Å². The highest BCUT2D eigenvalue weighted by atomic mass is 19.1. The van der Waals surface area contributed by atoms with Crippen LogP contribution in [0.4, 0.5) is 10.2 Å². The lowest BCUT2D eigenvalue weighted by Gasteiger charge is -2.28. The van der Waals surface area contributed by atoms with Crippen LogP contribution >= 0.6 is 0 Å². The van der Waals surface area contributed by atoms with E-state index >= 15 is 4.39 Å². The van der Waals surface area contributed by atoms with Crippen LogP contribution in [0.1, 0.15) is 48.2 Å². The van der Waals surface area contributed by atoms with E-state index in [1.807, 2.05) is 18.2 Å². The second-order valence-corrected chi connectivity index (χ2v) is 7.51. The summed E-state index contributed by atoms with van der Waals surface area (Å²) in [6.07, 6.45) is 5.13. The Kier molecular flexibility index (Phi) is 5.92. The van der Waals surface area contributed by atoms with Crippen LogP contribution in [0.3, 0.4) is 0 Å². The Morgan fingerprint density at radius 1 is 1.07 bits per heavy atom. The van der Waals surface area contributed by atoms with E-state index in [1.165, 1.54) is 12.4 Å². The van der Waals surface area contributed by atoms with Crippen LogP contribution in [0.5, 0.6) is 5.75 Å². The molecule has 1 fully saturated rings. The SMILES string of the molecule is Nc1cnc(-c2ccc(C3CCC3)c(OCCc3ccc(C(O)O)cc3)c2F)cn1. The maximum atomic E-state index is 15.4. The van der Waals surface area contributed by atoms with Gasteiger partial charge in [-0.3, -0.25) is 4.98 Å². The number of nitrogens with zero attached hydrogens (tertiary/aromatic N) is 2. The minimum atomic E-state index is -1.49. The third kappa shape index (κ3) is 4.27. The zero-order valence-electron chi connectivity index (χ0n) is 16.5. The van der Waals surface area contributed by atoms with Crippen molar-refractivity contribution >= 4 is 5.82 Å². The molecular weight excluding hydrogens is 385 g/mol. The van der Waals surface area contributed by atoms with Gasteiger partial charge in [0.05, 0.1) is 24.7 Å². The number of ether oxygens (including phenoxy) is 1. The van der Waals surface area contributed by atoms with Crippen LogP contribution in [0, 0.1) is 5.82 Å². The maximum Gasteiger partial charge on any atom is 0.178 e. The first-order valence-corrected chi connectivity index (χ1v) is 10.0. The number of anilines is 1. The minimum absolute atomic E-state index is 0.276. The quantitative estimate of drug-likeness (QED) is 0.514. The predicted molar refractivity (Wildman–Crippen MR) is 111 cm³/mol. The van der Waals surface area contributed by atoms with E-state index in [4.69, 9.17) is 10.5 Å². The summed E-state index contributed by atoms with van der Waals surface area (Å²) < 4.78 is 21.4. The highest BCUT2D eigenvalue weighted by Gasteiger charge is 2.26. The fourth-order valence-corrected chi connectivity index (χ4v) is 3.56. The van der Waals surface area contributed by atoms with Crippen LogP contribution in [-0.4, -0.2) is 26.8 Å². The average molecular weight is 409 g/mol. The Hall–Kier alpha value is -3.03. The molecule has 0 spiro atoms. The predicted octanol–water partition coefficient (Wildman–Crippen LogP) is 3.74. The van der Waals surface area contributed by atoms with Crippen molar-refractivity contribution < 1.29 is 19.3 Å². The highest BCUT2D eigenvalue weighted by Crippen LogP contribution is 2.43. The molecule has 0 unspecified atom stereocenters. The van der Waals surface area contributed by atoms with Gasteiger partial charge in [-0.05, 0) is 30.4 Å². The van der Waals surface area contributed by atoms with E-state index in [0.29, 0.717) is 35.8 Å². The molecule has 4 rings (SSSR count). The Bertz CT molecular complexity index is 1000. The van der Waals surface area contributed by atoms with Crippen molar-refractivity contribution in [3.8, 4) is 17.0 Å². The van der Waals surface area contributed by atoms with E-state index in [1.54, 1.807) is 18.2 Å². The minimum Gasteiger partial charge on any atom is -0.490 e. The highest BCUT2D eigenvalue weighted by molar-refractivity contribution is 5.64. The molecule has 1 aromatic heterocycles. The summed E-state index contributed by atoms with van der Waals surface area (Å²) in [6.45, 7) is 0.300. The van der Waals surface area contributed by atoms with Crippen LogP contribution in [0.15, 0.2) is 48.8 Å². The molecule has 0 radical (unpaired) electrons. The molecule has 0 aliphatic heterocycles. The van der Waals surface area contributed by atoms with Gasteiger partial charge in [-0.25, -0.2) is 9.37 Å². The third-order valence-corrected chi connectivity index (χ3v) is 5.54. The fourth-order valence-electron chi connectivity index (χ4n) is 3.56. The second-order valence-electron chi connectivity index (χ2n) is 7.51. The second kappa shape index (κ2) is 8.77. The van der Waals surface area contributed by atoms with E-state index < -0.39 is 12.1 Å². The maximum absolute atomic E-state index is 15.4. The van der Waals surface area contributed by atoms with Crippen LogP contribution in [0.2, 0.25) is 0 Å². The van der Waals surface area contributed by atoms with Gasteiger partial charge in [0.15, 0.2) is 17.9 Å². The first-order valence-electron chi connectivity index (χ1n) is 10.0. The summed E-state index contributed by atoms with van der Waals surface area (Å²) in [7, 11) is 0. The number of nitrogens with two attached hydrogens (primary N) is 1. The molecule has 30 heavy (non-hydrogen) atoms. The van der Waals surface area contributed by atoms with Crippen LogP contribution in [-0.2, 0) is 6.42 Å². The van der Waals surface area contributed by atoms with Crippen molar-refractivity contribution in [2.24, 2.45) is 0 Å². The third-order valence-electron chi connectivity index (χ3n) is 5.54. The summed E-state index contributed by atoms with van der Waals surface area (Å²) >= 11 is 0. The van der Waals surface area contributed by atoms with Gasteiger partial charge >= 0.3 is 0 Å². The van der Waals surface area contributed by atoms with Gasteiger partial charge in [-0.15, -0.1) is 0 Å². The number of aliphatic hydroxyl groups is 2. The number of halogens is 1. The van der Waals surface area contributed by atoms with Gasteiger partial charge < -0.3 is 20.7 Å². The normalized spacial score (nSPS) is 14.0. The van der Waals surface area contributed by atoms with E-state index in [-0.39, 0.29) is 11.6 Å². The average Bonchev–Trinajstić information content (AvgIpc) is 2.70. The zero-order valence-corrected chi connectivity index (χ0v) is 16.5. The summed E-state index contributed by atoms with van der Waals surface area (Å²) in [4.78, 5) is 8.19. The summed E-state index contributed by atoms with van der Waals surface area (Å²) in [5, 5.41) is 18.4. The first-order chi connectivity index (χ1) is 14.5. The van der Waals surface area contributed by atoms with Crippen LogP contribution < -0.4 is 10.5 Å². The molecule has 0 atom stereocenters. The number of aromatic nitrogens is 2. The fraction of sp³-hybridized carbons (Fsp3) is 0.304. The largest absolute Gasteiger partial charge is 0.490 e. The monoisotopic (exact) mass is 409 g/mol. The molecule has 1 aliphatic carbocycles. The molecule has 156 valence electrons. The number of benzene rings is 2. The molecule has 0 saturated heterocycles. The molecule has 7 heteroatoms. The summed E-state index contributed by atoms with van der Waals surface area (Å²) in [5.74, 6) is 0.434. The molecule has 1 aliphatic rings. The van der Waals surface area contributed by atoms with Gasteiger partial charge in [-0.2, -0.15) is 0 Å². The molecule has 3 aromatic rings. The zero-order chi connectivity index (χ0) is 21.1. The number of aliphatic hydroxyl groups excluding tert-OH is 1. The van der Waals surface area contributed by atoms with E-state index in [0.717, 1.165) is 30.4 Å². The standard InChI is InChI=1S/C23H24FN3O3/c24-21-18(19-12-27-20(25)13-26-19)9-8-17(15-2-1-3-15)22(21)30-11-10-14-4-6-16(7-5-14)23(28)29/h4-9,12-13,15,23,28-29H,1-3,10-11H2,(H2,25,27). The Morgan fingerprint density at radius 2 is 1.83 bits per heavy atom. The topological polar surface area (TPSA) is 101 Å². The lowest BCUT2D eigenvalue weighted by molar-refractivity contribution is -0.0424. The Labute approximate surface area is 174 Å². The van der Waals surface area contributed by atoms with E-state index in [2.05, 4.69) is 9.97 Å². The molecule has 0 amide bonds. The van der Waals surface area contributed by atoms with Gasteiger partial charge in [0.1, 0.15) is 5.82 Å². The summed E-state index contributed by atoms with van der Waals surface area (Å²) in [6, 6.07) is 10.6. The smallest absolute Gasteiger partial charge is 0.178 e. The van der Waals surface area contributed by atoms with Crippen molar-refractivity contribution in [2.45, 2.75) is 37.9 Å². The van der Waals surface area contributed by atoms with E-state index in [9.17, 15) is 10.2 Å². The number of rotatable bonds is 7. The Morgan fingerprint density at radius 3 is 2.43 bits per heavy atom. The van der Waals surface area contributed by atoms with Gasteiger partial charge in [-0.1, -0.05) is 36.8 Å². The lowest BCUT2D eigenvalue weighted by Crippen LogP contribution is -2.13. The van der Waals surface area contributed by atoms with Crippen molar-refractivity contribution in [1.29, 1.82) is 0 Å². The molecule has 1 heterocycles. The summed E-state index contributed by atoms with van der Waals surface area (Å²) in [5.41, 5.74) is 8.61. The van der Waals surface area contributed by atoms with Crippen molar-refractivity contribution in [2.75, 3.05) is 12.3 Å². The van der Waals surface area contributed by atoms with Crippen LogP contribution in [0.25, 0.3) is 11.3 Å². The van der Waals surface area contributed by atoms with Gasteiger partial charge in [0, 0.05) is 23.1 Å². The molecule has 6 nitrogen and oxygen atoms in total. The van der Waals surface area contributed by atoms with Gasteiger partial charge in [0.2, 0.25) is 0 Å². The molecule has 4 N–H and O–H groups in total. The molecule has 0 bridgehead atoms. The van der Waals surface area contributed by atoms with Crippen molar-refractivity contribution in [1.82, 2.24) is 9.97 Å². The number of hydrogen-bond acceptors (Lipinski definition) is 6. The van der Waals surface area contributed by atoms with Crippen molar-refractivity contribution in [3.05, 3.63) is 71.3 Å². The Balaban J connectivity index is 1.55. The number of nitrogen functional groups attached to an aromatic ring is 1. The molecule has 2 aromatic carbocycles. The lowest BCUT2D eigenvalue weighted by atomic mass is 9.79. The molecular formula is C23H24FN3O3. The molecule has 1 saturated carbocycles. The number of hydrogen-bond donors (Lipinski definition) is 3.